The third-order valence-electron chi connectivity index (χ3n) is 4.06. The molecule has 1 aliphatic heterocycles. The number of benzene rings is 1. The molecule has 9 heteroatoms. The fraction of sp³-hybridized carbons (Fsp3) is 0.381. The van der Waals surface area contributed by atoms with Gasteiger partial charge in [-0.25, -0.2) is 14.5 Å². The highest BCUT2D eigenvalue weighted by Gasteiger charge is 2.45. The number of nitro benzene ring substituents is 1. The molecular weight excluding hydrogens is 392 g/mol. The van der Waals surface area contributed by atoms with Crippen LogP contribution in [0.1, 0.15) is 39.7 Å². The molecular formula is C21H24N2O7. The van der Waals surface area contributed by atoms with Gasteiger partial charge in [-0.05, 0) is 45.4 Å². The highest BCUT2D eigenvalue weighted by atomic mass is 16.6. The number of esters is 1. The lowest BCUT2D eigenvalue weighted by Crippen LogP contribution is -2.46. The Hall–Kier alpha value is -3.49. The van der Waals surface area contributed by atoms with E-state index >= 15 is 0 Å². The molecule has 0 saturated carbocycles. The van der Waals surface area contributed by atoms with Crippen molar-refractivity contribution in [3.63, 3.8) is 0 Å². The molecule has 1 fully saturated rings. The molecule has 9 nitrogen and oxygen atoms in total. The second-order valence-electron chi connectivity index (χ2n) is 7.53. The lowest BCUT2D eigenvalue weighted by Gasteiger charge is -2.26. The van der Waals surface area contributed by atoms with Crippen molar-refractivity contribution in [1.29, 1.82) is 0 Å². The second kappa shape index (κ2) is 9.34. The maximum absolute atomic E-state index is 12.8. The number of imide groups is 1. The number of carbonyl (C=O) groups is 3. The van der Waals surface area contributed by atoms with Crippen LogP contribution in [0.5, 0.6) is 0 Å². The zero-order valence-corrected chi connectivity index (χ0v) is 17.3. The molecule has 0 aromatic heterocycles. The Morgan fingerprint density at radius 3 is 2.43 bits per heavy atom. The lowest BCUT2D eigenvalue weighted by atomic mass is 10.1. The molecule has 1 aliphatic rings. The lowest BCUT2D eigenvalue weighted by molar-refractivity contribution is -0.384. The average Bonchev–Trinajstić information content (AvgIpc) is 2.98. The topological polar surface area (TPSA) is 116 Å². The summed E-state index contributed by atoms with van der Waals surface area (Å²) >= 11 is 0. The van der Waals surface area contributed by atoms with E-state index in [-0.39, 0.29) is 24.3 Å². The number of carbonyl (C=O) groups excluding carboxylic acids is 3. The summed E-state index contributed by atoms with van der Waals surface area (Å²) in [5.41, 5.74) is 0.0754. The summed E-state index contributed by atoms with van der Waals surface area (Å²) < 4.78 is 10.3. The molecule has 0 spiro atoms. The van der Waals surface area contributed by atoms with Gasteiger partial charge in [-0.15, -0.1) is 0 Å². The van der Waals surface area contributed by atoms with Crippen LogP contribution in [0.4, 0.5) is 10.5 Å². The van der Waals surface area contributed by atoms with Crippen LogP contribution in [0.25, 0.3) is 6.08 Å². The summed E-state index contributed by atoms with van der Waals surface area (Å²) in [5.74, 6) is -1.31. The van der Waals surface area contributed by atoms with Crippen molar-refractivity contribution in [3.05, 3.63) is 57.7 Å². The van der Waals surface area contributed by atoms with Crippen molar-refractivity contribution >= 4 is 29.7 Å². The number of nitro groups is 1. The van der Waals surface area contributed by atoms with Crippen molar-refractivity contribution in [1.82, 2.24) is 4.90 Å². The number of likely N-dealkylation sites (tertiary alicyclic amines) is 1. The molecule has 1 saturated heterocycles. The molecule has 1 atom stereocenters. The van der Waals surface area contributed by atoms with Gasteiger partial charge in [0.05, 0.1) is 11.5 Å². The first-order valence-electron chi connectivity index (χ1n) is 9.38. The molecule has 1 aromatic carbocycles. The molecule has 1 aromatic rings. The van der Waals surface area contributed by atoms with Gasteiger partial charge in [-0.1, -0.05) is 18.2 Å². The van der Waals surface area contributed by atoms with E-state index in [2.05, 4.69) is 0 Å². The van der Waals surface area contributed by atoms with Crippen molar-refractivity contribution in [2.75, 3.05) is 6.61 Å². The van der Waals surface area contributed by atoms with Crippen LogP contribution in [0.2, 0.25) is 0 Å². The minimum absolute atomic E-state index is 0.00150. The summed E-state index contributed by atoms with van der Waals surface area (Å²) in [7, 11) is 0. The predicted octanol–water partition coefficient (Wildman–Crippen LogP) is 3.63. The Bertz CT molecular complexity index is 895. The second-order valence-corrected chi connectivity index (χ2v) is 7.53. The van der Waals surface area contributed by atoms with Gasteiger partial charge in [0.2, 0.25) is 0 Å². The molecule has 160 valence electrons. The SMILES string of the molecule is CCOC(=O)[C@@H]1C/C(=C\C=C\c2ccc([N+](=O)[O-])cc2)C(=O)N1C(=O)OC(C)(C)C. The van der Waals surface area contributed by atoms with Crippen molar-refractivity contribution < 1.29 is 28.8 Å². The average molecular weight is 416 g/mol. The molecule has 1 heterocycles. The van der Waals surface area contributed by atoms with Gasteiger partial charge in [-0.3, -0.25) is 14.9 Å². The van der Waals surface area contributed by atoms with Crippen molar-refractivity contribution in [2.45, 2.75) is 45.8 Å². The summed E-state index contributed by atoms with van der Waals surface area (Å²) in [6.45, 7) is 6.73. The van der Waals surface area contributed by atoms with Crippen molar-refractivity contribution in [2.24, 2.45) is 0 Å². The zero-order chi connectivity index (χ0) is 22.5. The number of hydrogen-bond donors (Lipinski definition) is 0. The number of ether oxygens (including phenoxy) is 2. The Kier molecular flexibility index (Phi) is 7.10. The number of nitrogens with zero attached hydrogens (tertiary/aromatic N) is 2. The molecule has 30 heavy (non-hydrogen) atoms. The first kappa shape index (κ1) is 22.8. The summed E-state index contributed by atoms with van der Waals surface area (Å²) in [6, 6.07) is 4.78. The van der Waals surface area contributed by atoms with Gasteiger partial charge in [-0.2, -0.15) is 0 Å². The number of allylic oxidation sites excluding steroid dienone is 2. The van der Waals surface area contributed by atoms with E-state index in [1.807, 2.05) is 0 Å². The van der Waals surface area contributed by atoms with Gasteiger partial charge >= 0.3 is 12.1 Å². The number of amides is 2. The third kappa shape index (κ3) is 5.76. The highest BCUT2D eigenvalue weighted by Crippen LogP contribution is 2.27. The molecule has 0 aliphatic carbocycles. The van der Waals surface area contributed by atoms with Crippen LogP contribution in [-0.2, 0) is 19.1 Å². The molecule has 2 rings (SSSR count). The normalized spacial score (nSPS) is 18.1. The standard InChI is InChI=1S/C21H24N2O7/c1-5-29-19(25)17-13-15(18(24)22(17)20(26)30-21(2,3)4)8-6-7-14-9-11-16(12-10-14)23(27)28/h6-12,17H,5,13H2,1-4H3/b7-6+,15-8+/t17-/m0/s1. The van der Waals surface area contributed by atoms with E-state index in [0.717, 1.165) is 4.90 Å². The van der Waals surface area contributed by atoms with E-state index in [0.29, 0.717) is 5.56 Å². The molecule has 0 bridgehead atoms. The van der Waals surface area contributed by atoms with E-state index in [1.165, 1.54) is 18.2 Å². The number of hydrogen-bond acceptors (Lipinski definition) is 7. The smallest absolute Gasteiger partial charge is 0.418 e. The van der Waals surface area contributed by atoms with Crippen LogP contribution < -0.4 is 0 Å². The highest BCUT2D eigenvalue weighted by molar-refractivity contribution is 6.09. The maximum Gasteiger partial charge on any atom is 0.418 e. The largest absolute Gasteiger partial charge is 0.464 e. The zero-order valence-electron chi connectivity index (χ0n) is 17.3. The van der Waals surface area contributed by atoms with Crippen LogP contribution in [0.3, 0.4) is 0 Å². The molecule has 0 radical (unpaired) electrons. The maximum atomic E-state index is 12.8. The minimum Gasteiger partial charge on any atom is -0.464 e. The third-order valence-corrected chi connectivity index (χ3v) is 4.06. The Morgan fingerprint density at radius 2 is 1.90 bits per heavy atom. The van der Waals surface area contributed by atoms with Crippen LogP contribution in [0, 0.1) is 10.1 Å². The van der Waals surface area contributed by atoms with Gasteiger partial charge in [0.25, 0.3) is 11.6 Å². The van der Waals surface area contributed by atoms with Crippen LogP contribution >= 0.6 is 0 Å². The summed E-state index contributed by atoms with van der Waals surface area (Å²) in [6.07, 6.45) is 3.82. The fourth-order valence-corrected chi connectivity index (χ4v) is 2.75. The van der Waals surface area contributed by atoms with E-state index in [4.69, 9.17) is 9.47 Å². The van der Waals surface area contributed by atoms with Crippen LogP contribution in [0.15, 0.2) is 42.0 Å². The first-order chi connectivity index (χ1) is 14.0. The predicted molar refractivity (Wildman–Crippen MR) is 108 cm³/mol. The Morgan fingerprint density at radius 1 is 1.27 bits per heavy atom. The monoisotopic (exact) mass is 416 g/mol. The van der Waals surface area contributed by atoms with E-state index < -0.39 is 34.5 Å². The number of non-ortho nitro benzene ring substituents is 1. The van der Waals surface area contributed by atoms with Gasteiger partial charge in [0, 0.05) is 24.1 Å². The number of rotatable bonds is 5. The van der Waals surface area contributed by atoms with Crippen LogP contribution in [-0.4, -0.2) is 46.0 Å². The fourth-order valence-electron chi connectivity index (χ4n) is 2.75. The Balaban J connectivity index is 2.23. The quantitative estimate of drug-likeness (QED) is 0.311. The van der Waals surface area contributed by atoms with Gasteiger partial charge < -0.3 is 9.47 Å². The summed E-state index contributed by atoms with van der Waals surface area (Å²) in [4.78, 5) is 48.5. The molecule has 2 amide bonds. The molecule has 0 unspecified atom stereocenters. The Labute approximate surface area is 174 Å². The first-order valence-corrected chi connectivity index (χ1v) is 9.38. The minimum atomic E-state index is -1.09. The van der Waals surface area contributed by atoms with Gasteiger partial charge in [0.15, 0.2) is 0 Å². The molecule has 0 N–H and O–H groups in total. The van der Waals surface area contributed by atoms with E-state index in [1.54, 1.807) is 52.0 Å². The van der Waals surface area contributed by atoms with E-state index in [9.17, 15) is 24.5 Å². The van der Waals surface area contributed by atoms with Crippen molar-refractivity contribution in [3.8, 4) is 0 Å². The van der Waals surface area contributed by atoms with Gasteiger partial charge in [0.1, 0.15) is 11.6 Å². The summed E-state index contributed by atoms with van der Waals surface area (Å²) in [5, 5.41) is 10.7.